The van der Waals surface area contributed by atoms with Gasteiger partial charge in [0.2, 0.25) is 0 Å². The molecule has 0 saturated carbocycles. The number of hydrogen-bond acceptors (Lipinski definition) is 2. The van der Waals surface area contributed by atoms with Crippen LogP contribution in [-0.2, 0) is 0 Å². The van der Waals surface area contributed by atoms with Crippen LogP contribution in [0.25, 0.3) is 5.57 Å². The lowest BCUT2D eigenvalue weighted by molar-refractivity contribution is 0.445. The van der Waals surface area contributed by atoms with Crippen molar-refractivity contribution in [2.75, 3.05) is 6.54 Å². The van der Waals surface area contributed by atoms with Gasteiger partial charge in [-0.3, -0.25) is 0 Å². The van der Waals surface area contributed by atoms with Crippen LogP contribution in [0.4, 0.5) is 0 Å². The minimum atomic E-state index is 0.650. The molecule has 1 aromatic heterocycles. The topological polar surface area (TPSA) is 24.9 Å². The monoisotopic (exact) mass is 312 g/mol. The average Bonchev–Trinajstić information content (AvgIpc) is 2.79. The maximum absolute atomic E-state index is 6.09. The zero-order valence-corrected chi connectivity index (χ0v) is 11.8. The molecule has 1 N–H and O–H groups in total. The summed E-state index contributed by atoms with van der Waals surface area (Å²) in [5.41, 5.74) is 2.54. The normalized spacial score (nSPS) is 27.8. The first-order chi connectivity index (χ1) is 8.24. The number of pyridine rings is 1. The molecule has 1 aliphatic carbocycles. The molecule has 1 fully saturated rings. The molecule has 1 aromatic rings. The number of halogens is 2. The predicted octanol–water partition coefficient (Wildman–Crippen LogP) is 3.65. The second kappa shape index (κ2) is 4.71. The Morgan fingerprint density at radius 3 is 3.18 bits per heavy atom. The van der Waals surface area contributed by atoms with E-state index in [2.05, 4.69) is 32.3 Å². The molecule has 2 nitrogen and oxygen atoms in total. The fraction of sp³-hybridized carbons (Fsp3) is 0.462. The van der Waals surface area contributed by atoms with Gasteiger partial charge in [-0.25, -0.2) is 4.98 Å². The Morgan fingerprint density at radius 2 is 2.35 bits per heavy atom. The summed E-state index contributed by atoms with van der Waals surface area (Å²) >= 11 is 9.42. The standard InChI is InChI=1S/C13H14BrClN2/c14-13-11(15)5-10(7-17-13)9-2-1-8-3-4-16-12(8)6-9/h2,5,7-8,12,16H,1,3-4,6H2. The van der Waals surface area contributed by atoms with E-state index in [0.29, 0.717) is 11.1 Å². The Morgan fingerprint density at radius 1 is 1.47 bits per heavy atom. The molecule has 0 amide bonds. The van der Waals surface area contributed by atoms with E-state index < -0.39 is 0 Å². The van der Waals surface area contributed by atoms with E-state index in [1.165, 1.54) is 18.4 Å². The lowest BCUT2D eigenvalue weighted by atomic mass is 9.84. The number of nitrogens with zero attached hydrogens (tertiary/aromatic N) is 1. The van der Waals surface area contributed by atoms with Crippen molar-refractivity contribution in [2.45, 2.75) is 25.3 Å². The fourth-order valence-corrected chi connectivity index (χ4v) is 3.17. The van der Waals surface area contributed by atoms with Gasteiger partial charge in [-0.1, -0.05) is 17.7 Å². The van der Waals surface area contributed by atoms with E-state index in [1.807, 2.05) is 12.3 Å². The molecule has 17 heavy (non-hydrogen) atoms. The van der Waals surface area contributed by atoms with Crippen molar-refractivity contribution in [3.63, 3.8) is 0 Å². The first-order valence-electron chi connectivity index (χ1n) is 5.98. The smallest absolute Gasteiger partial charge is 0.124 e. The summed E-state index contributed by atoms with van der Waals surface area (Å²) in [6, 6.07) is 2.65. The van der Waals surface area contributed by atoms with E-state index in [-0.39, 0.29) is 0 Å². The minimum Gasteiger partial charge on any atom is -0.313 e. The SMILES string of the molecule is Clc1cc(C2=CCC3CCNC3C2)cnc1Br. The van der Waals surface area contributed by atoms with Gasteiger partial charge in [0.15, 0.2) is 0 Å². The predicted molar refractivity (Wildman–Crippen MR) is 74.1 cm³/mol. The van der Waals surface area contributed by atoms with Crippen LogP contribution < -0.4 is 5.32 Å². The molecule has 0 aromatic carbocycles. The van der Waals surface area contributed by atoms with Crippen LogP contribution in [0.2, 0.25) is 5.02 Å². The molecular formula is C13H14BrClN2. The van der Waals surface area contributed by atoms with E-state index >= 15 is 0 Å². The van der Waals surface area contributed by atoms with Crippen molar-refractivity contribution < 1.29 is 0 Å². The number of hydrogen-bond donors (Lipinski definition) is 1. The van der Waals surface area contributed by atoms with E-state index in [0.717, 1.165) is 29.1 Å². The van der Waals surface area contributed by atoms with Gasteiger partial charge in [0.05, 0.1) is 5.02 Å². The number of nitrogens with one attached hydrogen (secondary N) is 1. The molecule has 0 radical (unpaired) electrons. The van der Waals surface area contributed by atoms with Crippen molar-refractivity contribution in [2.24, 2.45) is 5.92 Å². The third-order valence-electron chi connectivity index (χ3n) is 3.76. The van der Waals surface area contributed by atoms with Crippen molar-refractivity contribution in [1.29, 1.82) is 0 Å². The van der Waals surface area contributed by atoms with Gasteiger partial charge in [-0.2, -0.15) is 0 Å². The molecule has 0 bridgehead atoms. The highest BCUT2D eigenvalue weighted by Crippen LogP contribution is 2.35. The van der Waals surface area contributed by atoms with E-state index in [9.17, 15) is 0 Å². The van der Waals surface area contributed by atoms with Crippen molar-refractivity contribution in [1.82, 2.24) is 10.3 Å². The second-order valence-electron chi connectivity index (χ2n) is 4.78. The molecule has 1 aliphatic heterocycles. The third kappa shape index (κ3) is 2.28. The molecule has 90 valence electrons. The number of fused-ring (bicyclic) bond motifs is 1. The quantitative estimate of drug-likeness (QED) is 0.801. The van der Waals surface area contributed by atoms with Crippen LogP contribution in [0, 0.1) is 5.92 Å². The minimum absolute atomic E-state index is 0.650. The van der Waals surface area contributed by atoms with Gasteiger partial charge in [-0.15, -0.1) is 0 Å². The largest absolute Gasteiger partial charge is 0.313 e. The summed E-state index contributed by atoms with van der Waals surface area (Å²) in [6.45, 7) is 1.16. The number of aromatic nitrogens is 1. The Hall–Kier alpha value is -0.380. The van der Waals surface area contributed by atoms with Crippen LogP contribution >= 0.6 is 27.5 Å². The summed E-state index contributed by atoms with van der Waals surface area (Å²) in [5.74, 6) is 0.831. The van der Waals surface area contributed by atoms with Crippen molar-refractivity contribution >= 4 is 33.1 Å². The Balaban J connectivity index is 1.86. The summed E-state index contributed by atoms with van der Waals surface area (Å²) in [5, 5.41) is 4.27. The molecule has 2 heterocycles. The molecular weight excluding hydrogens is 300 g/mol. The second-order valence-corrected chi connectivity index (χ2v) is 5.93. The Labute approximate surface area is 115 Å². The highest BCUT2D eigenvalue weighted by Gasteiger charge is 2.30. The van der Waals surface area contributed by atoms with Crippen LogP contribution in [0.1, 0.15) is 24.8 Å². The van der Waals surface area contributed by atoms with E-state index in [4.69, 9.17) is 11.6 Å². The summed E-state index contributed by atoms with van der Waals surface area (Å²) < 4.78 is 0.719. The lowest BCUT2D eigenvalue weighted by Crippen LogP contribution is -2.29. The highest BCUT2D eigenvalue weighted by atomic mass is 79.9. The summed E-state index contributed by atoms with van der Waals surface area (Å²) in [4.78, 5) is 4.26. The Bertz CT molecular complexity index is 472. The lowest BCUT2D eigenvalue weighted by Gasteiger charge is -2.25. The van der Waals surface area contributed by atoms with Gasteiger partial charge in [0, 0.05) is 12.2 Å². The number of rotatable bonds is 1. The summed E-state index contributed by atoms with van der Waals surface area (Å²) in [7, 11) is 0. The van der Waals surface area contributed by atoms with Crippen LogP contribution in [0.3, 0.4) is 0 Å². The van der Waals surface area contributed by atoms with Gasteiger partial charge >= 0.3 is 0 Å². The fourth-order valence-electron chi connectivity index (χ4n) is 2.79. The first kappa shape index (κ1) is 11.7. The zero-order valence-electron chi connectivity index (χ0n) is 9.42. The van der Waals surface area contributed by atoms with Gasteiger partial charge in [0.1, 0.15) is 4.60 Å². The van der Waals surface area contributed by atoms with Crippen LogP contribution in [0.5, 0.6) is 0 Å². The highest BCUT2D eigenvalue weighted by molar-refractivity contribution is 9.10. The maximum Gasteiger partial charge on any atom is 0.124 e. The molecule has 2 unspecified atom stereocenters. The van der Waals surface area contributed by atoms with Crippen LogP contribution in [0.15, 0.2) is 22.9 Å². The maximum atomic E-state index is 6.09. The molecule has 3 rings (SSSR count). The van der Waals surface area contributed by atoms with Gasteiger partial charge in [0.25, 0.3) is 0 Å². The first-order valence-corrected chi connectivity index (χ1v) is 7.15. The van der Waals surface area contributed by atoms with Crippen LogP contribution in [-0.4, -0.2) is 17.6 Å². The molecule has 2 aliphatic rings. The van der Waals surface area contributed by atoms with Crippen molar-refractivity contribution in [3.8, 4) is 0 Å². The van der Waals surface area contributed by atoms with Gasteiger partial charge < -0.3 is 5.32 Å². The Kier molecular flexibility index (Phi) is 3.24. The van der Waals surface area contributed by atoms with Gasteiger partial charge in [-0.05, 0) is 64.9 Å². The average molecular weight is 314 g/mol. The molecule has 4 heteroatoms. The molecule has 2 atom stereocenters. The van der Waals surface area contributed by atoms with E-state index in [1.54, 1.807) is 0 Å². The van der Waals surface area contributed by atoms with Crippen molar-refractivity contribution in [3.05, 3.63) is 33.5 Å². The molecule has 0 spiro atoms. The third-order valence-corrected chi connectivity index (χ3v) is 4.91. The number of allylic oxidation sites excluding steroid dienone is 1. The summed E-state index contributed by atoms with van der Waals surface area (Å²) in [6.07, 6.45) is 7.85. The molecule has 1 saturated heterocycles. The zero-order chi connectivity index (χ0) is 11.8.